The lowest BCUT2D eigenvalue weighted by Gasteiger charge is -2.11. The average molecular weight is 381 g/mol. The number of fused-ring (bicyclic) bond motifs is 1. The molecule has 0 aliphatic carbocycles. The van der Waals surface area contributed by atoms with Crippen molar-refractivity contribution in [1.29, 1.82) is 0 Å². The van der Waals surface area contributed by atoms with Gasteiger partial charge >= 0.3 is 0 Å². The second kappa shape index (κ2) is 7.80. The summed E-state index contributed by atoms with van der Waals surface area (Å²) in [5.74, 6) is 1.26. The second-order valence-electron chi connectivity index (χ2n) is 6.22. The molecule has 0 fully saturated rings. The Kier molecular flexibility index (Phi) is 5.07. The molecule has 0 amide bonds. The number of ether oxygens (including phenoxy) is 1. The van der Waals surface area contributed by atoms with E-state index in [4.69, 9.17) is 21.3 Å². The van der Waals surface area contributed by atoms with Crippen molar-refractivity contribution < 1.29 is 9.13 Å². The molecule has 0 saturated heterocycles. The van der Waals surface area contributed by atoms with E-state index >= 15 is 0 Å². The SMILES string of the molecule is Fc1ccc(-c2nc3ccccc3n2CCCOc2ccccc2Cl)cc1. The van der Waals surface area contributed by atoms with Gasteiger partial charge in [-0.05, 0) is 55.0 Å². The lowest BCUT2D eigenvalue weighted by atomic mass is 10.2. The Hall–Kier alpha value is -2.85. The highest BCUT2D eigenvalue weighted by Crippen LogP contribution is 2.26. The van der Waals surface area contributed by atoms with Crippen molar-refractivity contribution in [2.75, 3.05) is 6.61 Å². The van der Waals surface area contributed by atoms with Gasteiger partial charge in [-0.25, -0.2) is 9.37 Å². The molecule has 0 aliphatic heterocycles. The fourth-order valence-electron chi connectivity index (χ4n) is 3.09. The van der Waals surface area contributed by atoms with Gasteiger partial charge in [0.15, 0.2) is 0 Å². The van der Waals surface area contributed by atoms with Gasteiger partial charge in [0.2, 0.25) is 0 Å². The molecule has 5 heteroatoms. The smallest absolute Gasteiger partial charge is 0.141 e. The van der Waals surface area contributed by atoms with Crippen LogP contribution < -0.4 is 4.74 Å². The number of para-hydroxylation sites is 3. The van der Waals surface area contributed by atoms with Gasteiger partial charge in [0, 0.05) is 12.1 Å². The molecule has 0 saturated carbocycles. The number of imidazole rings is 1. The minimum atomic E-state index is -0.255. The lowest BCUT2D eigenvalue weighted by Crippen LogP contribution is -2.06. The predicted molar refractivity (Wildman–Crippen MR) is 107 cm³/mol. The first-order valence-corrected chi connectivity index (χ1v) is 9.19. The van der Waals surface area contributed by atoms with Crippen LogP contribution in [0.1, 0.15) is 6.42 Å². The Bertz CT molecular complexity index is 1060. The van der Waals surface area contributed by atoms with Gasteiger partial charge in [-0.2, -0.15) is 0 Å². The van der Waals surface area contributed by atoms with Crippen LogP contribution in [0.5, 0.6) is 5.75 Å². The van der Waals surface area contributed by atoms with Gasteiger partial charge in [0.25, 0.3) is 0 Å². The quantitative estimate of drug-likeness (QED) is 0.385. The summed E-state index contributed by atoms with van der Waals surface area (Å²) in [4.78, 5) is 4.74. The monoisotopic (exact) mass is 380 g/mol. The summed E-state index contributed by atoms with van der Waals surface area (Å²) in [7, 11) is 0. The zero-order chi connectivity index (χ0) is 18.6. The van der Waals surface area contributed by atoms with Crippen LogP contribution in [0.25, 0.3) is 22.4 Å². The van der Waals surface area contributed by atoms with E-state index in [-0.39, 0.29) is 5.82 Å². The van der Waals surface area contributed by atoms with Crippen molar-refractivity contribution in [3.05, 3.63) is 83.6 Å². The fraction of sp³-hybridized carbons (Fsp3) is 0.136. The molecular weight excluding hydrogens is 363 g/mol. The number of hydrogen-bond donors (Lipinski definition) is 0. The van der Waals surface area contributed by atoms with Crippen LogP contribution in [0.2, 0.25) is 5.02 Å². The molecule has 0 atom stereocenters. The molecule has 0 spiro atoms. The Morgan fingerprint density at radius 3 is 2.48 bits per heavy atom. The van der Waals surface area contributed by atoms with Crippen LogP contribution in [0.4, 0.5) is 4.39 Å². The Labute approximate surface area is 162 Å². The average Bonchev–Trinajstić information content (AvgIpc) is 3.06. The molecule has 4 aromatic rings. The molecule has 136 valence electrons. The largest absolute Gasteiger partial charge is 0.492 e. The molecule has 0 radical (unpaired) electrons. The minimum Gasteiger partial charge on any atom is -0.492 e. The summed E-state index contributed by atoms with van der Waals surface area (Å²) in [5, 5.41) is 0.609. The summed E-state index contributed by atoms with van der Waals surface area (Å²) < 4.78 is 21.2. The maximum Gasteiger partial charge on any atom is 0.141 e. The van der Waals surface area contributed by atoms with E-state index in [1.807, 2.05) is 48.5 Å². The van der Waals surface area contributed by atoms with E-state index in [0.29, 0.717) is 17.4 Å². The van der Waals surface area contributed by atoms with Crippen molar-refractivity contribution in [3.8, 4) is 17.1 Å². The van der Waals surface area contributed by atoms with Gasteiger partial charge in [-0.15, -0.1) is 0 Å². The van der Waals surface area contributed by atoms with Crippen molar-refractivity contribution in [2.24, 2.45) is 0 Å². The van der Waals surface area contributed by atoms with E-state index < -0.39 is 0 Å². The summed E-state index contributed by atoms with van der Waals surface area (Å²) in [6, 6.07) is 21.9. The van der Waals surface area contributed by atoms with Crippen LogP contribution in [0.15, 0.2) is 72.8 Å². The molecule has 4 rings (SSSR count). The van der Waals surface area contributed by atoms with Gasteiger partial charge in [-0.3, -0.25) is 0 Å². The van der Waals surface area contributed by atoms with E-state index in [1.54, 1.807) is 12.1 Å². The summed E-state index contributed by atoms with van der Waals surface area (Å²) in [6.07, 6.45) is 0.791. The second-order valence-corrected chi connectivity index (χ2v) is 6.62. The zero-order valence-electron chi connectivity index (χ0n) is 14.6. The molecule has 3 nitrogen and oxygen atoms in total. The van der Waals surface area contributed by atoms with E-state index in [0.717, 1.165) is 35.4 Å². The number of nitrogens with zero attached hydrogens (tertiary/aromatic N) is 2. The number of benzene rings is 3. The maximum absolute atomic E-state index is 13.3. The molecule has 0 aliphatic rings. The summed E-state index contributed by atoms with van der Waals surface area (Å²) in [6.45, 7) is 1.27. The third-order valence-corrected chi connectivity index (χ3v) is 4.69. The first-order valence-electron chi connectivity index (χ1n) is 8.81. The van der Waals surface area contributed by atoms with Gasteiger partial charge in [0.1, 0.15) is 17.4 Å². The predicted octanol–water partition coefficient (Wildman–Crippen LogP) is 5.96. The first kappa shape index (κ1) is 17.6. The minimum absolute atomic E-state index is 0.255. The number of aromatic nitrogens is 2. The van der Waals surface area contributed by atoms with Crippen molar-refractivity contribution in [1.82, 2.24) is 9.55 Å². The number of hydrogen-bond acceptors (Lipinski definition) is 2. The Balaban J connectivity index is 1.56. The molecule has 1 aromatic heterocycles. The molecule has 0 bridgehead atoms. The highest BCUT2D eigenvalue weighted by molar-refractivity contribution is 6.32. The van der Waals surface area contributed by atoms with E-state index in [9.17, 15) is 4.39 Å². The topological polar surface area (TPSA) is 27.1 Å². The third kappa shape index (κ3) is 3.81. The van der Waals surface area contributed by atoms with Gasteiger partial charge in [-0.1, -0.05) is 35.9 Å². The molecule has 3 aromatic carbocycles. The summed E-state index contributed by atoms with van der Waals surface area (Å²) in [5.41, 5.74) is 2.86. The molecule has 1 heterocycles. The molecule has 0 unspecified atom stereocenters. The van der Waals surface area contributed by atoms with Crippen LogP contribution in [0, 0.1) is 5.82 Å². The van der Waals surface area contributed by atoms with Crippen molar-refractivity contribution in [3.63, 3.8) is 0 Å². The van der Waals surface area contributed by atoms with Crippen LogP contribution in [-0.4, -0.2) is 16.2 Å². The molecular formula is C22H18ClFN2O. The van der Waals surface area contributed by atoms with Crippen LogP contribution in [0.3, 0.4) is 0 Å². The number of aryl methyl sites for hydroxylation is 1. The highest BCUT2D eigenvalue weighted by atomic mass is 35.5. The number of rotatable bonds is 6. The van der Waals surface area contributed by atoms with Crippen molar-refractivity contribution >= 4 is 22.6 Å². The van der Waals surface area contributed by atoms with E-state index in [1.165, 1.54) is 12.1 Å². The third-order valence-electron chi connectivity index (χ3n) is 4.38. The van der Waals surface area contributed by atoms with Gasteiger partial charge in [0.05, 0.1) is 22.7 Å². The van der Waals surface area contributed by atoms with Crippen LogP contribution in [-0.2, 0) is 6.54 Å². The number of halogens is 2. The maximum atomic E-state index is 13.3. The summed E-state index contributed by atoms with van der Waals surface area (Å²) >= 11 is 6.13. The van der Waals surface area contributed by atoms with Gasteiger partial charge < -0.3 is 9.30 Å². The normalized spacial score (nSPS) is 11.0. The molecule has 0 N–H and O–H groups in total. The fourth-order valence-corrected chi connectivity index (χ4v) is 3.28. The Morgan fingerprint density at radius 1 is 0.926 bits per heavy atom. The van der Waals surface area contributed by atoms with E-state index in [2.05, 4.69) is 4.57 Å². The lowest BCUT2D eigenvalue weighted by molar-refractivity contribution is 0.303. The van der Waals surface area contributed by atoms with Crippen LogP contribution >= 0.6 is 11.6 Å². The Morgan fingerprint density at radius 2 is 1.67 bits per heavy atom. The highest BCUT2D eigenvalue weighted by Gasteiger charge is 2.12. The first-order chi connectivity index (χ1) is 13.2. The van der Waals surface area contributed by atoms with Crippen molar-refractivity contribution in [2.45, 2.75) is 13.0 Å². The standard InChI is InChI=1S/C22H18ClFN2O/c23-18-6-1-4-9-21(18)27-15-5-14-26-20-8-3-2-7-19(20)25-22(26)16-10-12-17(24)13-11-16/h1-4,6-13H,5,14-15H2. The zero-order valence-corrected chi connectivity index (χ0v) is 15.4. The molecule has 27 heavy (non-hydrogen) atoms.